The first-order chi connectivity index (χ1) is 11.4. The molecule has 1 atom stereocenters. The van der Waals surface area contributed by atoms with Gasteiger partial charge in [0.2, 0.25) is 0 Å². The van der Waals surface area contributed by atoms with E-state index in [4.69, 9.17) is 0 Å². The van der Waals surface area contributed by atoms with Crippen LogP contribution in [-0.4, -0.2) is 33.1 Å². The van der Waals surface area contributed by atoms with Crippen molar-refractivity contribution in [2.75, 3.05) is 6.54 Å². The molecular weight excluding hydrogens is 377 g/mol. The Hall–Kier alpha value is -1.86. The van der Waals surface area contributed by atoms with Gasteiger partial charge in [-0.3, -0.25) is 4.79 Å². The number of hydrogen-bond acceptors (Lipinski definition) is 4. The maximum Gasteiger partial charge on any atom is 0.271 e. The number of hydrogen-bond donors (Lipinski definition) is 2. The molecule has 2 N–H and O–H groups in total. The molecule has 1 aliphatic rings. The summed E-state index contributed by atoms with van der Waals surface area (Å²) in [6, 6.07) is 5.79. The lowest BCUT2D eigenvalue weighted by Crippen LogP contribution is -2.42. The number of rotatable bonds is 5. The van der Waals surface area contributed by atoms with E-state index in [1.165, 1.54) is 18.3 Å². The van der Waals surface area contributed by atoms with Crippen LogP contribution >= 0.6 is 15.9 Å². The molecular formula is C17H17BrFN3O2. The molecule has 0 aliphatic heterocycles. The van der Waals surface area contributed by atoms with Gasteiger partial charge in [-0.2, -0.15) is 0 Å². The van der Waals surface area contributed by atoms with E-state index in [1.54, 1.807) is 19.1 Å². The van der Waals surface area contributed by atoms with Gasteiger partial charge < -0.3 is 10.4 Å². The van der Waals surface area contributed by atoms with Gasteiger partial charge in [-0.1, -0.05) is 0 Å². The summed E-state index contributed by atoms with van der Waals surface area (Å²) in [5.74, 6) is -0.512. The summed E-state index contributed by atoms with van der Waals surface area (Å²) in [7, 11) is 0. The zero-order chi connectivity index (χ0) is 17.3. The second-order valence-electron chi connectivity index (χ2n) is 6.22. The van der Waals surface area contributed by atoms with E-state index >= 15 is 0 Å². The molecule has 1 saturated carbocycles. The van der Waals surface area contributed by atoms with Crippen molar-refractivity contribution in [1.82, 2.24) is 15.3 Å². The minimum absolute atomic E-state index is 0.143. The average Bonchev–Trinajstić information content (AvgIpc) is 3.40. The highest BCUT2D eigenvalue weighted by atomic mass is 79.9. The fourth-order valence-corrected chi connectivity index (χ4v) is 2.89. The summed E-state index contributed by atoms with van der Waals surface area (Å²) in [6.45, 7) is 1.89. The largest absolute Gasteiger partial charge is 0.388 e. The second-order valence-corrected chi connectivity index (χ2v) is 6.97. The Kier molecular flexibility index (Phi) is 4.64. The molecule has 24 heavy (non-hydrogen) atoms. The highest BCUT2D eigenvalue weighted by Crippen LogP contribution is 2.39. The van der Waals surface area contributed by atoms with Gasteiger partial charge in [-0.25, -0.2) is 14.4 Å². The van der Waals surface area contributed by atoms with Gasteiger partial charge in [0.15, 0.2) is 0 Å². The lowest BCUT2D eigenvalue weighted by Gasteiger charge is -2.23. The number of aliphatic hydroxyl groups is 1. The number of halogens is 2. The van der Waals surface area contributed by atoms with Crippen LogP contribution < -0.4 is 5.32 Å². The summed E-state index contributed by atoms with van der Waals surface area (Å²) < 4.78 is 13.5. The molecule has 0 radical (unpaired) electrons. The standard InChI is InChI=1S/C17H17BrFN3O2/c1-17(24,11-4-5-11)9-21-16(23)13-8-20-15(18)14(22-13)10-2-6-12(19)7-3-10/h2-3,6-8,11,24H,4-5,9H2,1H3,(H,21,23)/t17-/m0/s1. The second kappa shape index (κ2) is 6.57. The Morgan fingerprint density at radius 2 is 2.08 bits per heavy atom. The first-order valence-corrected chi connectivity index (χ1v) is 8.45. The maximum absolute atomic E-state index is 13.1. The summed E-state index contributed by atoms with van der Waals surface area (Å²) >= 11 is 3.29. The average molecular weight is 394 g/mol. The molecule has 2 aromatic rings. The van der Waals surface area contributed by atoms with Gasteiger partial charge in [0.1, 0.15) is 21.8 Å². The van der Waals surface area contributed by atoms with Gasteiger partial charge >= 0.3 is 0 Å². The predicted octanol–water partition coefficient (Wildman–Crippen LogP) is 2.94. The molecule has 0 spiro atoms. The molecule has 1 heterocycles. The van der Waals surface area contributed by atoms with Crippen LogP contribution in [0, 0.1) is 11.7 Å². The summed E-state index contributed by atoms with van der Waals surface area (Å²) in [6.07, 6.45) is 3.32. The quantitative estimate of drug-likeness (QED) is 0.818. The van der Waals surface area contributed by atoms with Crippen LogP contribution in [0.1, 0.15) is 30.3 Å². The first-order valence-electron chi connectivity index (χ1n) is 7.66. The molecule has 0 bridgehead atoms. The van der Waals surface area contributed by atoms with Crippen LogP contribution in [-0.2, 0) is 0 Å². The molecule has 0 saturated heterocycles. The highest BCUT2D eigenvalue weighted by molar-refractivity contribution is 9.10. The fraction of sp³-hybridized carbons (Fsp3) is 0.353. The monoisotopic (exact) mass is 393 g/mol. The van der Waals surface area contributed by atoms with Crippen molar-refractivity contribution < 1.29 is 14.3 Å². The van der Waals surface area contributed by atoms with Crippen molar-refractivity contribution in [3.63, 3.8) is 0 Å². The maximum atomic E-state index is 13.1. The van der Waals surface area contributed by atoms with Crippen LogP contribution in [0.25, 0.3) is 11.3 Å². The summed E-state index contributed by atoms with van der Waals surface area (Å²) in [5, 5.41) is 13.0. The van der Waals surface area contributed by atoms with Crippen LogP contribution in [0.4, 0.5) is 4.39 Å². The highest BCUT2D eigenvalue weighted by Gasteiger charge is 2.40. The van der Waals surface area contributed by atoms with Crippen molar-refractivity contribution in [2.24, 2.45) is 5.92 Å². The molecule has 3 rings (SSSR count). The van der Waals surface area contributed by atoms with Crippen LogP contribution in [0.5, 0.6) is 0 Å². The molecule has 1 aromatic heterocycles. The molecule has 1 fully saturated rings. The Labute approximate surface area is 147 Å². The topological polar surface area (TPSA) is 75.1 Å². The number of aromatic nitrogens is 2. The summed E-state index contributed by atoms with van der Waals surface area (Å²) in [5.41, 5.74) is 0.342. The van der Waals surface area contributed by atoms with E-state index in [2.05, 4.69) is 31.2 Å². The smallest absolute Gasteiger partial charge is 0.271 e. The zero-order valence-corrected chi connectivity index (χ0v) is 14.7. The van der Waals surface area contributed by atoms with Gasteiger partial charge in [-0.05, 0) is 65.9 Å². The number of amides is 1. The minimum Gasteiger partial charge on any atom is -0.388 e. The van der Waals surface area contributed by atoms with E-state index in [-0.39, 0.29) is 24.0 Å². The van der Waals surface area contributed by atoms with Crippen molar-refractivity contribution in [1.29, 1.82) is 0 Å². The normalized spacial score (nSPS) is 16.5. The number of carbonyl (C=O) groups excluding carboxylic acids is 1. The SMILES string of the molecule is C[C@](O)(CNC(=O)c1cnc(Br)c(-c2ccc(F)cc2)n1)C1CC1. The van der Waals surface area contributed by atoms with Gasteiger partial charge in [0, 0.05) is 12.1 Å². The van der Waals surface area contributed by atoms with Crippen molar-refractivity contribution in [3.05, 3.63) is 46.6 Å². The van der Waals surface area contributed by atoms with Crippen LogP contribution in [0.2, 0.25) is 0 Å². The third kappa shape index (κ3) is 3.79. The molecule has 126 valence electrons. The van der Waals surface area contributed by atoms with Gasteiger partial charge in [-0.15, -0.1) is 0 Å². The van der Waals surface area contributed by atoms with E-state index in [0.29, 0.717) is 15.9 Å². The zero-order valence-electron chi connectivity index (χ0n) is 13.1. The number of carbonyl (C=O) groups is 1. The third-order valence-corrected chi connectivity index (χ3v) is 4.72. The van der Waals surface area contributed by atoms with E-state index in [9.17, 15) is 14.3 Å². The van der Waals surface area contributed by atoms with E-state index in [0.717, 1.165) is 12.8 Å². The lowest BCUT2D eigenvalue weighted by molar-refractivity contribution is 0.0353. The molecule has 7 heteroatoms. The fourth-order valence-electron chi connectivity index (χ4n) is 2.47. The Bertz CT molecular complexity index is 761. The molecule has 1 aliphatic carbocycles. The minimum atomic E-state index is -0.905. The predicted molar refractivity (Wildman–Crippen MR) is 90.8 cm³/mol. The molecule has 1 amide bonds. The summed E-state index contributed by atoms with van der Waals surface area (Å²) in [4.78, 5) is 20.7. The number of nitrogens with one attached hydrogen (secondary N) is 1. The van der Waals surface area contributed by atoms with E-state index < -0.39 is 11.5 Å². The lowest BCUT2D eigenvalue weighted by atomic mass is 10.0. The molecule has 5 nitrogen and oxygen atoms in total. The first kappa shape index (κ1) is 17.0. The Morgan fingerprint density at radius 1 is 1.42 bits per heavy atom. The molecule has 0 unspecified atom stereocenters. The van der Waals surface area contributed by atoms with E-state index in [1.807, 2.05) is 0 Å². The van der Waals surface area contributed by atoms with Crippen LogP contribution in [0.3, 0.4) is 0 Å². The Balaban J connectivity index is 1.77. The van der Waals surface area contributed by atoms with Crippen LogP contribution in [0.15, 0.2) is 35.1 Å². The van der Waals surface area contributed by atoms with Crippen molar-refractivity contribution in [3.8, 4) is 11.3 Å². The third-order valence-electron chi connectivity index (χ3n) is 4.14. The molecule has 1 aromatic carbocycles. The van der Waals surface area contributed by atoms with Gasteiger partial charge in [0.25, 0.3) is 5.91 Å². The van der Waals surface area contributed by atoms with Crippen molar-refractivity contribution in [2.45, 2.75) is 25.4 Å². The van der Waals surface area contributed by atoms with Crippen molar-refractivity contribution >= 4 is 21.8 Å². The Morgan fingerprint density at radius 3 is 2.71 bits per heavy atom. The number of nitrogens with zero attached hydrogens (tertiary/aromatic N) is 2. The van der Waals surface area contributed by atoms with Gasteiger partial charge in [0.05, 0.1) is 11.8 Å². The number of benzene rings is 1.